The summed E-state index contributed by atoms with van der Waals surface area (Å²) in [5.74, 6) is 1.05. The Morgan fingerprint density at radius 2 is 1.94 bits per heavy atom. The third-order valence-electron chi connectivity index (χ3n) is 2.80. The lowest BCUT2D eigenvalue weighted by atomic mass is 9.85. The van der Waals surface area contributed by atoms with Gasteiger partial charge >= 0.3 is 0 Å². The van der Waals surface area contributed by atoms with Gasteiger partial charge in [0.25, 0.3) is 0 Å². The van der Waals surface area contributed by atoms with E-state index in [1.807, 2.05) is 0 Å². The number of likely N-dealkylation sites (N-methyl/N-ethyl adjacent to an activating group) is 1. The number of para-hydroxylation sites is 1. The van der Waals surface area contributed by atoms with Crippen LogP contribution in [0.25, 0.3) is 0 Å². The molecule has 17 heavy (non-hydrogen) atoms. The maximum atomic E-state index is 5.93. The first kappa shape index (κ1) is 14.0. The number of aryl methyl sites for hydroxylation is 1. The van der Waals surface area contributed by atoms with Crippen molar-refractivity contribution in [1.82, 2.24) is 5.32 Å². The molecular weight excluding hydrogens is 210 g/mol. The van der Waals surface area contributed by atoms with Crippen molar-refractivity contribution >= 4 is 0 Å². The summed E-state index contributed by atoms with van der Waals surface area (Å²) >= 11 is 0. The normalized spacial score (nSPS) is 11.6. The molecule has 0 saturated carbocycles. The summed E-state index contributed by atoms with van der Waals surface area (Å²) < 4.78 is 5.93. The molecule has 1 rings (SSSR count). The lowest BCUT2D eigenvalue weighted by Gasteiger charge is -2.24. The minimum atomic E-state index is 0.125. The monoisotopic (exact) mass is 235 g/mol. The number of nitrogens with one attached hydrogen (secondary N) is 1. The van der Waals surface area contributed by atoms with E-state index in [4.69, 9.17) is 4.74 Å². The van der Waals surface area contributed by atoms with Crippen molar-refractivity contribution in [2.45, 2.75) is 40.0 Å². The topological polar surface area (TPSA) is 21.3 Å². The summed E-state index contributed by atoms with van der Waals surface area (Å²) in [6.45, 7) is 13.5. The van der Waals surface area contributed by atoms with Crippen LogP contribution in [0.3, 0.4) is 0 Å². The molecule has 0 bridgehead atoms. The molecule has 1 aromatic rings. The molecule has 96 valence electrons. The van der Waals surface area contributed by atoms with Crippen molar-refractivity contribution in [3.8, 4) is 5.75 Å². The summed E-state index contributed by atoms with van der Waals surface area (Å²) in [6.07, 6.45) is 0. The van der Waals surface area contributed by atoms with Crippen LogP contribution in [0.2, 0.25) is 0 Å². The van der Waals surface area contributed by atoms with Crippen molar-refractivity contribution in [1.29, 1.82) is 0 Å². The molecule has 0 spiro atoms. The van der Waals surface area contributed by atoms with E-state index in [-0.39, 0.29) is 5.41 Å². The molecule has 0 aromatic heterocycles. The zero-order chi connectivity index (χ0) is 12.9. The van der Waals surface area contributed by atoms with E-state index in [1.165, 1.54) is 11.1 Å². The van der Waals surface area contributed by atoms with Crippen LogP contribution in [0.15, 0.2) is 18.2 Å². The van der Waals surface area contributed by atoms with Gasteiger partial charge in [-0.25, -0.2) is 0 Å². The van der Waals surface area contributed by atoms with Gasteiger partial charge < -0.3 is 10.1 Å². The van der Waals surface area contributed by atoms with E-state index < -0.39 is 0 Å². The van der Waals surface area contributed by atoms with Crippen LogP contribution in [-0.2, 0) is 5.41 Å². The Bertz CT molecular complexity index is 352. The highest BCUT2D eigenvalue weighted by Gasteiger charge is 2.19. The van der Waals surface area contributed by atoms with Crippen LogP contribution >= 0.6 is 0 Å². The molecule has 0 aliphatic rings. The Morgan fingerprint density at radius 3 is 2.53 bits per heavy atom. The fraction of sp³-hybridized carbons (Fsp3) is 0.600. The molecule has 0 saturated heterocycles. The molecule has 0 unspecified atom stereocenters. The van der Waals surface area contributed by atoms with Crippen LogP contribution < -0.4 is 10.1 Å². The van der Waals surface area contributed by atoms with Crippen molar-refractivity contribution in [2.24, 2.45) is 0 Å². The van der Waals surface area contributed by atoms with Crippen LogP contribution in [-0.4, -0.2) is 19.7 Å². The Kier molecular flexibility index (Phi) is 5.01. The Labute approximate surface area is 105 Å². The zero-order valence-electron chi connectivity index (χ0n) is 11.8. The van der Waals surface area contributed by atoms with Gasteiger partial charge in [0, 0.05) is 6.54 Å². The summed E-state index contributed by atoms with van der Waals surface area (Å²) in [5.41, 5.74) is 2.63. The first-order chi connectivity index (χ1) is 7.96. The summed E-state index contributed by atoms with van der Waals surface area (Å²) in [7, 11) is 0. The van der Waals surface area contributed by atoms with Crippen molar-refractivity contribution < 1.29 is 4.74 Å². The van der Waals surface area contributed by atoms with Crippen molar-refractivity contribution in [3.05, 3.63) is 29.3 Å². The van der Waals surface area contributed by atoms with Crippen LogP contribution in [0.1, 0.15) is 38.8 Å². The lowest BCUT2D eigenvalue weighted by molar-refractivity contribution is 0.305. The number of ether oxygens (including phenoxy) is 1. The fourth-order valence-electron chi connectivity index (χ4n) is 1.84. The molecule has 0 amide bonds. The second kappa shape index (κ2) is 6.06. The molecule has 0 fully saturated rings. The lowest BCUT2D eigenvalue weighted by Crippen LogP contribution is -2.22. The highest BCUT2D eigenvalue weighted by molar-refractivity contribution is 5.44. The van der Waals surface area contributed by atoms with Gasteiger partial charge in [-0.2, -0.15) is 0 Å². The van der Waals surface area contributed by atoms with Gasteiger partial charge in [-0.05, 0) is 30.0 Å². The minimum absolute atomic E-state index is 0.125. The standard InChI is InChI=1S/C15H25NO/c1-6-16-10-11-17-14-12(2)8-7-9-13(14)15(3,4)5/h7-9,16H,6,10-11H2,1-5H3. The highest BCUT2D eigenvalue weighted by Crippen LogP contribution is 2.33. The Balaban J connectivity index is 2.81. The number of hydrogen-bond donors (Lipinski definition) is 1. The van der Waals surface area contributed by atoms with E-state index in [9.17, 15) is 0 Å². The Hall–Kier alpha value is -1.02. The third-order valence-corrected chi connectivity index (χ3v) is 2.80. The van der Waals surface area contributed by atoms with Gasteiger partial charge in [0.1, 0.15) is 12.4 Å². The fourth-order valence-corrected chi connectivity index (χ4v) is 1.84. The first-order valence-electron chi connectivity index (χ1n) is 6.40. The van der Waals surface area contributed by atoms with E-state index in [2.05, 4.69) is 58.1 Å². The zero-order valence-corrected chi connectivity index (χ0v) is 11.8. The quantitative estimate of drug-likeness (QED) is 0.791. The average molecular weight is 235 g/mol. The summed E-state index contributed by atoms with van der Waals surface area (Å²) in [6, 6.07) is 6.38. The molecule has 0 atom stereocenters. The molecule has 1 N–H and O–H groups in total. The third kappa shape index (κ3) is 4.04. The molecule has 2 nitrogen and oxygen atoms in total. The summed E-state index contributed by atoms with van der Waals surface area (Å²) in [5, 5.41) is 3.27. The summed E-state index contributed by atoms with van der Waals surface area (Å²) in [4.78, 5) is 0. The predicted molar refractivity (Wildman–Crippen MR) is 73.9 cm³/mol. The first-order valence-corrected chi connectivity index (χ1v) is 6.40. The Morgan fingerprint density at radius 1 is 1.24 bits per heavy atom. The second-order valence-electron chi connectivity index (χ2n) is 5.40. The molecule has 0 radical (unpaired) electrons. The second-order valence-corrected chi connectivity index (χ2v) is 5.40. The van der Waals surface area contributed by atoms with Crippen molar-refractivity contribution in [2.75, 3.05) is 19.7 Å². The predicted octanol–water partition coefficient (Wildman–Crippen LogP) is 3.28. The van der Waals surface area contributed by atoms with Crippen molar-refractivity contribution in [3.63, 3.8) is 0 Å². The van der Waals surface area contributed by atoms with Gasteiger partial charge in [0.2, 0.25) is 0 Å². The van der Waals surface area contributed by atoms with E-state index in [1.54, 1.807) is 0 Å². The molecule has 0 aliphatic heterocycles. The maximum Gasteiger partial charge on any atom is 0.125 e. The average Bonchev–Trinajstić information content (AvgIpc) is 2.24. The van der Waals surface area contributed by atoms with Gasteiger partial charge in [0.05, 0.1) is 0 Å². The largest absolute Gasteiger partial charge is 0.492 e. The van der Waals surface area contributed by atoms with Gasteiger partial charge in [-0.15, -0.1) is 0 Å². The highest BCUT2D eigenvalue weighted by atomic mass is 16.5. The van der Waals surface area contributed by atoms with Gasteiger partial charge in [-0.1, -0.05) is 45.9 Å². The van der Waals surface area contributed by atoms with Crippen LogP contribution in [0.4, 0.5) is 0 Å². The number of hydrogen-bond acceptors (Lipinski definition) is 2. The van der Waals surface area contributed by atoms with E-state index >= 15 is 0 Å². The van der Waals surface area contributed by atoms with E-state index in [0.29, 0.717) is 0 Å². The molecule has 0 aliphatic carbocycles. The maximum absolute atomic E-state index is 5.93. The minimum Gasteiger partial charge on any atom is -0.492 e. The molecule has 0 heterocycles. The van der Waals surface area contributed by atoms with Gasteiger partial charge in [-0.3, -0.25) is 0 Å². The number of benzene rings is 1. The molecule has 2 heteroatoms. The van der Waals surface area contributed by atoms with Gasteiger partial charge in [0.15, 0.2) is 0 Å². The smallest absolute Gasteiger partial charge is 0.125 e. The number of rotatable bonds is 5. The SMILES string of the molecule is CCNCCOc1c(C)cccc1C(C)(C)C. The van der Waals surface area contributed by atoms with Crippen LogP contribution in [0, 0.1) is 6.92 Å². The van der Waals surface area contributed by atoms with E-state index in [0.717, 1.165) is 25.4 Å². The molecule has 1 aromatic carbocycles. The van der Waals surface area contributed by atoms with Crippen LogP contribution in [0.5, 0.6) is 5.75 Å². The molecular formula is C15H25NO.